The van der Waals surface area contributed by atoms with Crippen LogP contribution in [0.3, 0.4) is 0 Å². The van der Waals surface area contributed by atoms with Crippen molar-refractivity contribution in [3.8, 4) is 0 Å². The maximum atomic E-state index is 13.1. The van der Waals surface area contributed by atoms with Crippen molar-refractivity contribution in [2.75, 3.05) is 40.4 Å². The summed E-state index contributed by atoms with van der Waals surface area (Å²) >= 11 is 0. The molecular weight excluding hydrogens is 344 g/mol. The predicted molar refractivity (Wildman–Crippen MR) is 102 cm³/mol. The summed E-state index contributed by atoms with van der Waals surface area (Å²) in [6, 6.07) is 0. The molecule has 8 heteroatoms. The standard InChI is InChI=1S/C19H34N6O2/c1-15(2)6-11-25-18(20-21-22-25)19(23(3)4)9-5-10-24(14-19)17(26)16-7-12-27-13-8-16/h15-16H,5-14H2,1-4H3. The zero-order chi connectivity index (χ0) is 19.4. The quantitative estimate of drug-likeness (QED) is 0.747. The highest BCUT2D eigenvalue weighted by Gasteiger charge is 2.45. The molecule has 3 heterocycles. The Kier molecular flexibility index (Phi) is 6.47. The molecule has 152 valence electrons. The third-order valence-electron chi connectivity index (χ3n) is 6.08. The Morgan fingerprint density at radius 1 is 1.33 bits per heavy atom. The highest BCUT2D eigenvalue weighted by atomic mass is 16.5. The first-order valence-electron chi connectivity index (χ1n) is 10.2. The second-order valence-electron chi connectivity index (χ2n) is 8.58. The molecule has 0 N–H and O–H groups in total. The van der Waals surface area contributed by atoms with Crippen molar-refractivity contribution in [3.63, 3.8) is 0 Å². The number of piperidine rings is 1. The average molecular weight is 379 g/mol. The molecule has 27 heavy (non-hydrogen) atoms. The molecule has 0 saturated carbocycles. The zero-order valence-corrected chi connectivity index (χ0v) is 17.2. The van der Waals surface area contributed by atoms with Crippen molar-refractivity contribution >= 4 is 5.91 Å². The SMILES string of the molecule is CC(C)CCn1nnnc1C1(N(C)C)CCCN(C(=O)C2CCOCC2)C1. The van der Waals surface area contributed by atoms with Gasteiger partial charge in [0.1, 0.15) is 5.54 Å². The number of rotatable bonds is 6. The molecule has 0 bridgehead atoms. The van der Waals surface area contributed by atoms with Crippen LogP contribution in [0.4, 0.5) is 0 Å². The Bertz CT molecular complexity index is 625. The van der Waals surface area contributed by atoms with E-state index < -0.39 is 0 Å². The lowest BCUT2D eigenvalue weighted by Gasteiger charge is -2.46. The highest BCUT2D eigenvalue weighted by Crippen LogP contribution is 2.36. The molecule has 0 spiro atoms. The molecule has 0 radical (unpaired) electrons. The fraction of sp³-hybridized carbons (Fsp3) is 0.895. The average Bonchev–Trinajstić information content (AvgIpc) is 3.15. The first kappa shape index (κ1) is 20.2. The molecule has 2 fully saturated rings. The van der Waals surface area contributed by atoms with Gasteiger partial charge in [-0.15, -0.1) is 5.10 Å². The number of ether oxygens (including phenoxy) is 1. The second-order valence-corrected chi connectivity index (χ2v) is 8.58. The number of aryl methyl sites for hydroxylation is 1. The van der Waals surface area contributed by atoms with Gasteiger partial charge >= 0.3 is 0 Å². The van der Waals surface area contributed by atoms with Crippen LogP contribution in [0, 0.1) is 11.8 Å². The largest absolute Gasteiger partial charge is 0.381 e. The van der Waals surface area contributed by atoms with Gasteiger partial charge in [0, 0.05) is 38.8 Å². The lowest BCUT2D eigenvalue weighted by molar-refractivity contribution is -0.143. The fourth-order valence-electron chi connectivity index (χ4n) is 4.24. The van der Waals surface area contributed by atoms with Crippen LogP contribution in [0.15, 0.2) is 0 Å². The van der Waals surface area contributed by atoms with Gasteiger partial charge in [-0.1, -0.05) is 13.8 Å². The molecule has 1 aromatic heterocycles. The molecule has 2 aliphatic heterocycles. The summed E-state index contributed by atoms with van der Waals surface area (Å²) < 4.78 is 7.38. The number of carbonyl (C=O) groups excluding carboxylic acids is 1. The maximum absolute atomic E-state index is 13.1. The van der Waals surface area contributed by atoms with E-state index in [1.165, 1.54) is 0 Å². The summed E-state index contributed by atoms with van der Waals surface area (Å²) in [5, 5.41) is 12.7. The summed E-state index contributed by atoms with van der Waals surface area (Å²) in [6.07, 6.45) is 4.61. The molecule has 2 aliphatic rings. The molecule has 2 saturated heterocycles. The highest BCUT2D eigenvalue weighted by molar-refractivity contribution is 5.79. The minimum atomic E-state index is -0.334. The first-order chi connectivity index (χ1) is 12.9. The van der Waals surface area contributed by atoms with Gasteiger partial charge < -0.3 is 9.64 Å². The summed E-state index contributed by atoms with van der Waals surface area (Å²) in [6.45, 7) is 8.08. The van der Waals surface area contributed by atoms with E-state index in [-0.39, 0.29) is 17.4 Å². The van der Waals surface area contributed by atoms with Crippen LogP contribution in [0.25, 0.3) is 0 Å². The van der Waals surface area contributed by atoms with Crippen molar-refractivity contribution in [1.82, 2.24) is 30.0 Å². The van der Waals surface area contributed by atoms with Crippen LogP contribution < -0.4 is 0 Å². The summed E-state index contributed by atoms with van der Waals surface area (Å²) in [5.74, 6) is 1.84. The number of likely N-dealkylation sites (N-methyl/N-ethyl adjacent to an activating group) is 1. The number of tetrazole rings is 1. The van der Waals surface area contributed by atoms with E-state index in [1.807, 2.05) is 9.58 Å². The number of amides is 1. The number of aromatic nitrogens is 4. The smallest absolute Gasteiger partial charge is 0.225 e. The second kappa shape index (κ2) is 8.65. The zero-order valence-electron chi connectivity index (χ0n) is 17.2. The molecule has 3 rings (SSSR count). The minimum absolute atomic E-state index is 0.0913. The Balaban J connectivity index is 1.82. The van der Waals surface area contributed by atoms with Gasteiger partial charge in [0.2, 0.25) is 5.91 Å². The van der Waals surface area contributed by atoms with Crippen LogP contribution in [0.5, 0.6) is 0 Å². The van der Waals surface area contributed by atoms with Gasteiger partial charge in [-0.25, -0.2) is 4.68 Å². The maximum Gasteiger partial charge on any atom is 0.225 e. The van der Waals surface area contributed by atoms with Crippen molar-refractivity contribution in [2.24, 2.45) is 11.8 Å². The molecule has 1 amide bonds. The third kappa shape index (κ3) is 4.32. The summed E-state index contributed by atoms with van der Waals surface area (Å²) in [5.41, 5.74) is -0.334. The van der Waals surface area contributed by atoms with E-state index >= 15 is 0 Å². The Labute approximate surface area is 162 Å². The van der Waals surface area contributed by atoms with Gasteiger partial charge in [0.15, 0.2) is 5.82 Å². The molecule has 8 nitrogen and oxygen atoms in total. The molecule has 0 aliphatic carbocycles. The van der Waals surface area contributed by atoms with Crippen molar-refractivity contribution in [3.05, 3.63) is 5.82 Å². The fourth-order valence-corrected chi connectivity index (χ4v) is 4.24. The Hall–Kier alpha value is -1.54. The van der Waals surface area contributed by atoms with Gasteiger partial charge in [-0.3, -0.25) is 9.69 Å². The molecule has 1 atom stereocenters. The van der Waals surface area contributed by atoms with Crippen LogP contribution in [-0.4, -0.2) is 76.3 Å². The molecule has 1 aromatic rings. The van der Waals surface area contributed by atoms with E-state index in [1.54, 1.807) is 0 Å². The molecular formula is C19H34N6O2. The number of likely N-dealkylation sites (tertiary alicyclic amines) is 1. The minimum Gasteiger partial charge on any atom is -0.381 e. The Morgan fingerprint density at radius 2 is 2.07 bits per heavy atom. The first-order valence-corrected chi connectivity index (χ1v) is 10.2. The topological polar surface area (TPSA) is 76.4 Å². The number of carbonyl (C=O) groups is 1. The van der Waals surface area contributed by atoms with Gasteiger partial charge in [0.05, 0.1) is 0 Å². The predicted octanol–water partition coefficient (Wildman–Crippen LogP) is 1.53. The lowest BCUT2D eigenvalue weighted by Crippen LogP contribution is -2.57. The molecule has 0 aromatic carbocycles. The van der Waals surface area contributed by atoms with Crippen molar-refractivity contribution in [1.29, 1.82) is 0 Å². The van der Waals surface area contributed by atoms with Crippen LogP contribution in [0.2, 0.25) is 0 Å². The number of hydrogen-bond donors (Lipinski definition) is 0. The monoisotopic (exact) mass is 378 g/mol. The lowest BCUT2D eigenvalue weighted by atomic mass is 9.85. The van der Waals surface area contributed by atoms with E-state index in [0.29, 0.717) is 25.7 Å². The van der Waals surface area contributed by atoms with E-state index in [0.717, 1.165) is 51.0 Å². The third-order valence-corrected chi connectivity index (χ3v) is 6.08. The van der Waals surface area contributed by atoms with Crippen LogP contribution in [-0.2, 0) is 21.6 Å². The molecule has 1 unspecified atom stereocenters. The summed E-state index contributed by atoms with van der Waals surface area (Å²) in [7, 11) is 4.15. The van der Waals surface area contributed by atoms with Gasteiger partial charge in [0.25, 0.3) is 0 Å². The van der Waals surface area contributed by atoms with Gasteiger partial charge in [-0.05, 0) is 62.5 Å². The van der Waals surface area contributed by atoms with Crippen molar-refractivity contribution < 1.29 is 9.53 Å². The van der Waals surface area contributed by atoms with E-state index in [9.17, 15) is 4.79 Å². The van der Waals surface area contributed by atoms with Gasteiger partial charge in [-0.2, -0.15) is 0 Å². The number of hydrogen-bond acceptors (Lipinski definition) is 6. The van der Waals surface area contributed by atoms with Crippen molar-refractivity contribution in [2.45, 2.75) is 58.0 Å². The normalized spacial score (nSPS) is 24.7. The van der Waals surface area contributed by atoms with Crippen LogP contribution in [0.1, 0.15) is 51.8 Å². The van der Waals surface area contributed by atoms with E-state index in [4.69, 9.17) is 4.74 Å². The van der Waals surface area contributed by atoms with E-state index in [2.05, 4.69) is 48.4 Å². The number of nitrogens with zero attached hydrogens (tertiary/aromatic N) is 6. The van der Waals surface area contributed by atoms with Crippen LogP contribution >= 0.6 is 0 Å². The Morgan fingerprint density at radius 3 is 2.74 bits per heavy atom. The summed E-state index contributed by atoms with van der Waals surface area (Å²) in [4.78, 5) is 17.4.